The van der Waals surface area contributed by atoms with E-state index in [2.05, 4.69) is 28.2 Å². The number of aromatic nitrogens is 4. The highest BCUT2D eigenvalue weighted by Gasteiger charge is 2.15. The Bertz CT molecular complexity index is 842. The van der Waals surface area contributed by atoms with Crippen molar-refractivity contribution in [2.24, 2.45) is 0 Å². The van der Waals surface area contributed by atoms with Crippen LogP contribution < -0.4 is 4.74 Å². The van der Waals surface area contributed by atoms with Gasteiger partial charge in [0.2, 0.25) is 0 Å². The van der Waals surface area contributed by atoms with Crippen molar-refractivity contribution >= 4 is 20.4 Å². The summed E-state index contributed by atoms with van der Waals surface area (Å²) in [5.41, 5.74) is 1.38. The number of ether oxygens (including phenoxy) is 2. The van der Waals surface area contributed by atoms with Gasteiger partial charge in [-0.15, -0.1) is 0 Å². The lowest BCUT2D eigenvalue weighted by atomic mass is 10.2. The summed E-state index contributed by atoms with van der Waals surface area (Å²) in [6, 6.07) is 10.2. The molecule has 0 fully saturated rings. The Morgan fingerprint density at radius 3 is 2.77 bits per heavy atom. The summed E-state index contributed by atoms with van der Waals surface area (Å²) in [5.74, 6) is 1.18. The standard InChI is InChI=1S/C18H20ClN4O2Si/c1-26(2)10-9-24-13-23-12-16(25-14-6-8-21-17(19)11-14)18(22-23)15-5-3-4-7-20-15/h3-8,11-12H,9-10,13H2,1-2H3. The number of nitrogens with zero attached hydrogens (tertiary/aromatic N) is 4. The highest BCUT2D eigenvalue weighted by atomic mass is 35.5. The molecule has 8 heteroatoms. The smallest absolute Gasteiger partial charge is 0.175 e. The third kappa shape index (κ3) is 5.14. The highest BCUT2D eigenvalue weighted by molar-refractivity contribution is 6.55. The van der Waals surface area contributed by atoms with E-state index in [0.29, 0.717) is 29.1 Å². The van der Waals surface area contributed by atoms with Crippen LogP contribution in [-0.4, -0.2) is 35.2 Å². The van der Waals surface area contributed by atoms with Gasteiger partial charge in [-0.1, -0.05) is 30.8 Å². The summed E-state index contributed by atoms with van der Waals surface area (Å²) in [4.78, 5) is 8.34. The Hall–Kier alpha value is -2.22. The quantitative estimate of drug-likeness (QED) is 0.323. The second kappa shape index (κ2) is 8.93. The van der Waals surface area contributed by atoms with Crippen LogP contribution in [0.1, 0.15) is 0 Å². The van der Waals surface area contributed by atoms with Gasteiger partial charge in [0.25, 0.3) is 0 Å². The van der Waals surface area contributed by atoms with Crippen LogP contribution in [0.15, 0.2) is 48.9 Å². The van der Waals surface area contributed by atoms with Gasteiger partial charge >= 0.3 is 0 Å². The van der Waals surface area contributed by atoms with Crippen LogP contribution in [0, 0.1) is 0 Å². The zero-order valence-electron chi connectivity index (χ0n) is 14.7. The predicted molar refractivity (Wildman–Crippen MR) is 103 cm³/mol. The minimum atomic E-state index is -0.286. The molecule has 0 saturated carbocycles. The van der Waals surface area contributed by atoms with Crippen LogP contribution in [-0.2, 0) is 11.5 Å². The van der Waals surface area contributed by atoms with Crippen LogP contribution in [0.2, 0.25) is 24.3 Å². The molecule has 3 heterocycles. The number of pyridine rings is 2. The number of hydrogen-bond donors (Lipinski definition) is 0. The first-order valence-electron chi connectivity index (χ1n) is 8.27. The first-order chi connectivity index (χ1) is 12.6. The largest absolute Gasteiger partial charge is 0.453 e. The van der Waals surface area contributed by atoms with E-state index >= 15 is 0 Å². The Balaban J connectivity index is 1.81. The molecule has 0 aromatic carbocycles. The molecule has 3 aromatic rings. The van der Waals surface area contributed by atoms with Gasteiger partial charge in [0, 0.05) is 33.9 Å². The van der Waals surface area contributed by atoms with Crippen molar-refractivity contribution in [2.45, 2.75) is 25.9 Å². The molecule has 0 saturated heterocycles. The SMILES string of the molecule is C[Si](C)CCOCn1cc(Oc2ccnc(Cl)c2)c(-c2ccccn2)n1. The fourth-order valence-corrected chi connectivity index (χ4v) is 2.95. The Labute approximate surface area is 159 Å². The maximum atomic E-state index is 5.97. The number of rotatable bonds is 8. The molecule has 3 aromatic heterocycles. The van der Waals surface area contributed by atoms with Crippen molar-refractivity contribution in [2.75, 3.05) is 6.61 Å². The molecular weight excluding hydrogens is 368 g/mol. The Morgan fingerprint density at radius 1 is 1.15 bits per heavy atom. The topological polar surface area (TPSA) is 62.1 Å². The summed E-state index contributed by atoms with van der Waals surface area (Å²) in [5, 5.41) is 4.95. The summed E-state index contributed by atoms with van der Waals surface area (Å²) in [6.45, 7) is 5.64. The van der Waals surface area contributed by atoms with E-state index in [9.17, 15) is 0 Å². The monoisotopic (exact) mass is 387 g/mol. The molecule has 1 radical (unpaired) electrons. The maximum Gasteiger partial charge on any atom is 0.175 e. The minimum Gasteiger partial charge on any atom is -0.453 e. The third-order valence-electron chi connectivity index (χ3n) is 3.53. The molecule has 0 amide bonds. The molecule has 0 unspecified atom stereocenters. The first kappa shape index (κ1) is 18.6. The van der Waals surface area contributed by atoms with Gasteiger partial charge in [-0.2, -0.15) is 5.10 Å². The van der Waals surface area contributed by atoms with E-state index in [1.807, 2.05) is 24.4 Å². The normalized spacial score (nSPS) is 11.1. The molecule has 0 aliphatic rings. The zero-order chi connectivity index (χ0) is 18.4. The average Bonchev–Trinajstić information content (AvgIpc) is 3.02. The third-order valence-corrected chi connectivity index (χ3v) is 4.94. The Kier molecular flexibility index (Phi) is 6.38. The molecule has 0 bridgehead atoms. The van der Waals surface area contributed by atoms with Crippen molar-refractivity contribution < 1.29 is 9.47 Å². The lowest BCUT2D eigenvalue weighted by Gasteiger charge is -2.05. The molecule has 0 spiro atoms. The number of hydrogen-bond acceptors (Lipinski definition) is 5. The molecule has 0 aliphatic carbocycles. The second-order valence-corrected chi connectivity index (χ2v) is 9.31. The predicted octanol–water partition coefficient (Wildman–Crippen LogP) is 4.51. The molecule has 3 rings (SSSR count). The lowest BCUT2D eigenvalue weighted by Crippen LogP contribution is -2.08. The van der Waals surface area contributed by atoms with E-state index in [1.165, 1.54) is 0 Å². The van der Waals surface area contributed by atoms with E-state index in [0.717, 1.165) is 18.3 Å². The van der Waals surface area contributed by atoms with Crippen molar-refractivity contribution in [3.8, 4) is 22.9 Å². The summed E-state index contributed by atoms with van der Waals surface area (Å²) in [7, 11) is -0.286. The zero-order valence-corrected chi connectivity index (χ0v) is 16.5. The maximum absolute atomic E-state index is 5.97. The van der Waals surface area contributed by atoms with Gasteiger partial charge < -0.3 is 9.47 Å². The second-order valence-electron chi connectivity index (χ2n) is 6.01. The molecule has 0 atom stereocenters. The van der Waals surface area contributed by atoms with E-state index in [-0.39, 0.29) is 8.80 Å². The van der Waals surface area contributed by atoms with Crippen molar-refractivity contribution in [3.63, 3.8) is 0 Å². The highest BCUT2D eigenvalue weighted by Crippen LogP contribution is 2.31. The van der Waals surface area contributed by atoms with Gasteiger partial charge in [-0.05, 0) is 24.2 Å². The fourth-order valence-electron chi connectivity index (χ4n) is 2.23. The van der Waals surface area contributed by atoms with E-state index in [1.54, 1.807) is 29.2 Å². The van der Waals surface area contributed by atoms with Crippen LogP contribution >= 0.6 is 11.6 Å². The summed E-state index contributed by atoms with van der Waals surface area (Å²) in [6.07, 6.45) is 5.13. The van der Waals surface area contributed by atoms with Crippen molar-refractivity contribution in [1.29, 1.82) is 0 Å². The molecule has 0 N–H and O–H groups in total. The van der Waals surface area contributed by atoms with E-state index < -0.39 is 0 Å². The average molecular weight is 388 g/mol. The van der Waals surface area contributed by atoms with Crippen LogP contribution in [0.25, 0.3) is 11.4 Å². The molecule has 135 valence electrons. The van der Waals surface area contributed by atoms with E-state index in [4.69, 9.17) is 21.1 Å². The van der Waals surface area contributed by atoms with Gasteiger partial charge in [-0.3, -0.25) is 4.98 Å². The van der Waals surface area contributed by atoms with Crippen LogP contribution in [0.5, 0.6) is 11.5 Å². The molecule has 6 nitrogen and oxygen atoms in total. The lowest BCUT2D eigenvalue weighted by molar-refractivity contribution is 0.0789. The Morgan fingerprint density at radius 2 is 2.04 bits per heavy atom. The molecule has 0 aliphatic heterocycles. The van der Waals surface area contributed by atoms with Gasteiger partial charge in [0.15, 0.2) is 11.4 Å². The van der Waals surface area contributed by atoms with Gasteiger partial charge in [-0.25, -0.2) is 9.67 Å². The van der Waals surface area contributed by atoms with Crippen LogP contribution in [0.4, 0.5) is 0 Å². The minimum absolute atomic E-state index is 0.286. The summed E-state index contributed by atoms with van der Waals surface area (Å²) < 4.78 is 13.4. The van der Waals surface area contributed by atoms with Crippen LogP contribution in [0.3, 0.4) is 0 Å². The van der Waals surface area contributed by atoms with Gasteiger partial charge in [0.1, 0.15) is 17.6 Å². The van der Waals surface area contributed by atoms with Crippen molar-refractivity contribution in [3.05, 3.63) is 54.1 Å². The van der Waals surface area contributed by atoms with Gasteiger partial charge in [0.05, 0.1) is 11.9 Å². The number of halogens is 1. The van der Waals surface area contributed by atoms with Crippen molar-refractivity contribution in [1.82, 2.24) is 19.7 Å². The molecule has 26 heavy (non-hydrogen) atoms. The fraction of sp³-hybridized carbons (Fsp3) is 0.278. The molecular formula is C18H20ClN4O2Si. The first-order valence-corrected chi connectivity index (χ1v) is 11.4. The summed E-state index contributed by atoms with van der Waals surface area (Å²) >= 11 is 5.94.